The number of hydrogen-bond acceptors (Lipinski definition) is 1. The van der Waals surface area contributed by atoms with Crippen LogP contribution in [0.25, 0.3) is 0 Å². The van der Waals surface area contributed by atoms with Crippen LogP contribution in [0.5, 0.6) is 0 Å². The highest BCUT2D eigenvalue weighted by molar-refractivity contribution is 9.10. The third-order valence-corrected chi connectivity index (χ3v) is 2.92. The fourth-order valence-electron chi connectivity index (χ4n) is 1.38. The SMILES string of the molecule is CCCC[C@H](N)c1ccc(F)cc1Br. The number of hydrogen-bond donors (Lipinski definition) is 1. The molecule has 0 heterocycles. The standard InChI is InChI=1S/C11H15BrFN/c1-2-3-4-11(14)9-6-5-8(13)7-10(9)12/h5-7,11H,2-4,14H2,1H3/t11-/m0/s1. The zero-order chi connectivity index (χ0) is 10.6. The zero-order valence-electron chi connectivity index (χ0n) is 8.26. The maximum Gasteiger partial charge on any atom is 0.124 e. The molecule has 0 aliphatic rings. The Morgan fingerprint density at radius 3 is 2.79 bits per heavy atom. The Hall–Kier alpha value is -0.410. The van der Waals surface area contributed by atoms with E-state index in [0.717, 1.165) is 29.3 Å². The van der Waals surface area contributed by atoms with E-state index in [0.29, 0.717) is 0 Å². The summed E-state index contributed by atoms with van der Waals surface area (Å²) in [6.45, 7) is 2.13. The molecule has 0 amide bonds. The Morgan fingerprint density at radius 1 is 1.50 bits per heavy atom. The maximum absolute atomic E-state index is 12.8. The lowest BCUT2D eigenvalue weighted by Gasteiger charge is -2.13. The molecule has 0 aliphatic heterocycles. The van der Waals surface area contributed by atoms with Crippen LogP contribution in [0.2, 0.25) is 0 Å². The predicted octanol–water partition coefficient (Wildman–Crippen LogP) is 3.78. The second-order valence-electron chi connectivity index (χ2n) is 3.41. The molecule has 0 saturated heterocycles. The number of unbranched alkanes of at least 4 members (excludes halogenated alkanes) is 1. The van der Waals surface area contributed by atoms with E-state index in [-0.39, 0.29) is 11.9 Å². The van der Waals surface area contributed by atoms with Gasteiger partial charge in [0.15, 0.2) is 0 Å². The van der Waals surface area contributed by atoms with E-state index in [2.05, 4.69) is 22.9 Å². The molecule has 0 saturated carbocycles. The van der Waals surface area contributed by atoms with Crippen molar-refractivity contribution in [2.24, 2.45) is 5.73 Å². The molecule has 0 fully saturated rings. The van der Waals surface area contributed by atoms with E-state index in [1.54, 1.807) is 6.07 Å². The summed E-state index contributed by atoms with van der Waals surface area (Å²) in [5.41, 5.74) is 6.97. The molecule has 2 N–H and O–H groups in total. The van der Waals surface area contributed by atoms with Crippen molar-refractivity contribution in [3.63, 3.8) is 0 Å². The summed E-state index contributed by atoms with van der Waals surface area (Å²) >= 11 is 3.32. The van der Waals surface area contributed by atoms with Crippen LogP contribution in [0.1, 0.15) is 37.8 Å². The molecule has 0 radical (unpaired) electrons. The molecule has 0 bridgehead atoms. The lowest BCUT2D eigenvalue weighted by Crippen LogP contribution is -2.10. The van der Waals surface area contributed by atoms with Gasteiger partial charge in [-0.25, -0.2) is 4.39 Å². The molecular weight excluding hydrogens is 245 g/mol. The van der Waals surface area contributed by atoms with E-state index in [1.165, 1.54) is 12.1 Å². The van der Waals surface area contributed by atoms with Crippen LogP contribution < -0.4 is 5.73 Å². The topological polar surface area (TPSA) is 26.0 Å². The second-order valence-corrected chi connectivity index (χ2v) is 4.27. The summed E-state index contributed by atoms with van der Waals surface area (Å²) in [5, 5.41) is 0. The van der Waals surface area contributed by atoms with Gasteiger partial charge < -0.3 is 5.73 Å². The normalized spacial score (nSPS) is 12.9. The molecular formula is C11H15BrFN. The number of benzene rings is 1. The van der Waals surface area contributed by atoms with Crippen LogP contribution >= 0.6 is 15.9 Å². The van der Waals surface area contributed by atoms with Gasteiger partial charge >= 0.3 is 0 Å². The first kappa shape index (κ1) is 11.7. The Labute approximate surface area is 92.6 Å². The molecule has 0 spiro atoms. The van der Waals surface area contributed by atoms with Crippen molar-refractivity contribution in [2.45, 2.75) is 32.2 Å². The van der Waals surface area contributed by atoms with Crippen molar-refractivity contribution in [2.75, 3.05) is 0 Å². The van der Waals surface area contributed by atoms with Crippen molar-refractivity contribution in [1.29, 1.82) is 0 Å². The highest BCUT2D eigenvalue weighted by Gasteiger charge is 2.09. The summed E-state index contributed by atoms with van der Waals surface area (Å²) in [4.78, 5) is 0. The van der Waals surface area contributed by atoms with Crippen molar-refractivity contribution in [3.8, 4) is 0 Å². The van der Waals surface area contributed by atoms with Gasteiger partial charge in [-0.2, -0.15) is 0 Å². The minimum atomic E-state index is -0.233. The molecule has 1 aromatic carbocycles. The number of halogens is 2. The molecule has 1 nitrogen and oxygen atoms in total. The molecule has 1 rings (SSSR count). The third kappa shape index (κ3) is 3.07. The zero-order valence-corrected chi connectivity index (χ0v) is 9.85. The number of rotatable bonds is 4. The van der Waals surface area contributed by atoms with Crippen LogP contribution in [0.15, 0.2) is 22.7 Å². The van der Waals surface area contributed by atoms with Gasteiger partial charge in [0.05, 0.1) is 0 Å². The fraction of sp³-hybridized carbons (Fsp3) is 0.455. The fourth-order valence-corrected chi connectivity index (χ4v) is 2.03. The lowest BCUT2D eigenvalue weighted by molar-refractivity contribution is 0.594. The van der Waals surface area contributed by atoms with Crippen LogP contribution in [0.4, 0.5) is 4.39 Å². The molecule has 0 unspecified atom stereocenters. The smallest absolute Gasteiger partial charge is 0.124 e. The summed E-state index contributed by atoms with van der Waals surface area (Å²) in [5.74, 6) is -0.233. The van der Waals surface area contributed by atoms with Gasteiger partial charge in [0.25, 0.3) is 0 Å². The summed E-state index contributed by atoms with van der Waals surface area (Å²) in [6.07, 6.45) is 3.18. The lowest BCUT2D eigenvalue weighted by atomic mass is 10.0. The number of nitrogens with two attached hydrogens (primary N) is 1. The van der Waals surface area contributed by atoms with Gasteiger partial charge in [-0.15, -0.1) is 0 Å². The Balaban J connectivity index is 2.74. The van der Waals surface area contributed by atoms with Gasteiger partial charge in [0.1, 0.15) is 5.82 Å². The largest absolute Gasteiger partial charge is 0.324 e. The summed E-state index contributed by atoms with van der Waals surface area (Å²) in [7, 11) is 0. The molecule has 14 heavy (non-hydrogen) atoms. The molecule has 78 valence electrons. The predicted molar refractivity (Wildman–Crippen MR) is 60.6 cm³/mol. The average molecular weight is 260 g/mol. The summed E-state index contributed by atoms with van der Waals surface area (Å²) in [6, 6.07) is 4.66. The first-order valence-corrected chi connectivity index (χ1v) is 5.65. The van der Waals surface area contributed by atoms with Crippen LogP contribution in [0, 0.1) is 5.82 Å². The average Bonchev–Trinajstić information content (AvgIpc) is 2.14. The first-order valence-electron chi connectivity index (χ1n) is 4.85. The van der Waals surface area contributed by atoms with E-state index < -0.39 is 0 Å². The van der Waals surface area contributed by atoms with Gasteiger partial charge in [0, 0.05) is 10.5 Å². The third-order valence-electron chi connectivity index (χ3n) is 2.23. The van der Waals surface area contributed by atoms with E-state index in [9.17, 15) is 4.39 Å². The van der Waals surface area contributed by atoms with Crippen LogP contribution in [-0.4, -0.2) is 0 Å². The highest BCUT2D eigenvalue weighted by atomic mass is 79.9. The van der Waals surface area contributed by atoms with Crippen molar-refractivity contribution in [3.05, 3.63) is 34.1 Å². The van der Waals surface area contributed by atoms with E-state index >= 15 is 0 Å². The van der Waals surface area contributed by atoms with Crippen LogP contribution in [-0.2, 0) is 0 Å². The molecule has 0 aromatic heterocycles. The first-order chi connectivity index (χ1) is 6.65. The Kier molecular flexibility index (Phi) is 4.55. The van der Waals surface area contributed by atoms with Crippen molar-refractivity contribution < 1.29 is 4.39 Å². The second kappa shape index (κ2) is 5.47. The van der Waals surface area contributed by atoms with Gasteiger partial charge in [-0.1, -0.05) is 41.8 Å². The quantitative estimate of drug-likeness (QED) is 0.875. The Morgan fingerprint density at radius 2 is 2.21 bits per heavy atom. The van der Waals surface area contributed by atoms with Gasteiger partial charge in [0.2, 0.25) is 0 Å². The Bertz CT molecular complexity index is 301. The van der Waals surface area contributed by atoms with E-state index in [4.69, 9.17) is 5.73 Å². The van der Waals surface area contributed by atoms with Crippen molar-refractivity contribution >= 4 is 15.9 Å². The van der Waals surface area contributed by atoms with Crippen molar-refractivity contribution in [1.82, 2.24) is 0 Å². The van der Waals surface area contributed by atoms with Gasteiger partial charge in [-0.05, 0) is 24.1 Å². The minimum absolute atomic E-state index is 0.00456. The maximum atomic E-state index is 12.8. The molecule has 0 aliphatic carbocycles. The molecule has 1 aromatic rings. The van der Waals surface area contributed by atoms with Crippen LogP contribution in [0.3, 0.4) is 0 Å². The minimum Gasteiger partial charge on any atom is -0.324 e. The van der Waals surface area contributed by atoms with Gasteiger partial charge in [-0.3, -0.25) is 0 Å². The highest BCUT2D eigenvalue weighted by Crippen LogP contribution is 2.25. The summed E-state index contributed by atoms with van der Waals surface area (Å²) < 4.78 is 13.6. The molecule has 3 heteroatoms. The molecule has 1 atom stereocenters. The monoisotopic (exact) mass is 259 g/mol. The van der Waals surface area contributed by atoms with E-state index in [1.807, 2.05) is 0 Å².